The standard InChI is InChI=1S/C16H20BrNS/c1-4-7-18-16(13-9-12(3)19-10-13)14-6-5-11(2)8-15(14)17/h5-6,8-10,16,18H,4,7H2,1-3H3. The Hall–Kier alpha value is -0.640. The molecule has 0 saturated carbocycles. The highest BCUT2D eigenvalue weighted by Gasteiger charge is 2.17. The first-order valence-electron chi connectivity index (χ1n) is 6.66. The normalized spacial score (nSPS) is 12.6. The van der Waals surface area contributed by atoms with Gasteiger partial charge in [0.2, 0.25) is 0 Å². The van der Waals surface area contributed by atoms with Gasteiger partial charge in [-0.15, -0.1) is 11.3 Å². The fourth-order valence-electron chi connectivity index (χ4n) is 2.18. The molecule has 1 atom stereocenters. The summed E-state index contributed by atoms with van der Waals surface area (Å²) in [5.41, 5.74) is 3.96. The van der Waals surface area contributed by atoms with E-state index >= 15 is 0 Å². The molecule has 1 heterocycles. The van der Waals surface area contributed by atoms with Crippen molar-refractivity contribution in [2.45, 2.75) is 33.2 Å². The Kier molecular flexibility index (Phi) is 5.20. The molecule has 1 aromatic carbocycles. The first-order valence-corrected chi connectivity index (χ1v) is 8.33. The Morgan fingerprint density at radius 3 is 2.63 bits per heavy atom. The van der Waals surface area contributed by atoms with Gasteiger partial charge in [-0.05, 0) is 61.0 Å². The molecule has 1 nitrogen and oxygen atoms in total. The van der Waals surface area contributed by atoms with Gasteiger partial charge >= 0.3 is 0 Å². The SMILES string of the molecule is CCCNC(c1csc(C)c1)c1ccc(C)cc1Br. The van der Waals surface area contributed by atoms with Crippen LogP contribution in [0.4, 0.5) is 0 Å². The molecule has 1 unspecified atom stereocenters. The maximum Gasteiger partial charge on any atom is 0.0596 e. The summed E-state index contributed by atoms with van der Waals surface area (Å²) in [7, 11) is 0. The first-order chi connectivity index (χ1) is 9.11. The van der Waals surface area contributed by atoms with Crippen molar-refractivity contribution in [1.29, 1.82) is 0 Å². The first kappa shape index (κ1) is 14.8. The average molecular weight is 338 g/mol. The van der Waals surface area contributed by atoms with Crippen LogP contribution in [0.1, 0.15) is 41.0 Å². The minimum absolute atomic E-state index is 0.278. The second-order valence-electron chi connectivity index (χ2n) is 4.90. The van der Waals surface area contributed by atoms with Crippen LogP contribution in [0.5, 0.6) is 0 Å². The number of nitrogens with one attached hydrogen (secondary N) is 1. The van der Waals surface area contributed by atoms with E-state index in [-0.39, 0.29) is 6.04 Å². The smallest absolute Gasteiger partial charge is 0.0596 e. The molecule has 102 valence electrons. The molecule has 0 bridgehead atoms. The zero-order valence-electron chi connectivity index (χ0n) is 11.7. The van der Waals surface area contributed by atoms with Crippen LogP contribution in [0.3, 0.4) is 0 Å². The quantitative estimate of drug-likeness (QED) is 0.788. The Morgan fingerprint density at radius 2 is 2.05 bits per heavy atom. The molecule has 1 aromatic heterocycles. The van der Waals surface area contributed by atoms with Gasteiger partial charge < -0.3 is 5.32 Å². The number of hydrogen-bond acceptors (Lipinski definition) is 2. The van der Waals surface area contributed by atoms with Crippen LogP contribution < -0.4 is 5.32 Å². The second-order valence-corrected chi connectivity index (χ2v) is 6.87. The lowest BCUT2D eigenvalue weighted by molar-refractivity contribution is 0.598. The molecule has 0 aliphatic heterocycles. The highest BCUT2D eigenvalue weighted by atomic mass is 79.9. The third-order valence-electron chi connectivity index (χ3n) is 3.15. The Labute approximate surface area is 128 Å². The summed E-state index contributed by atoms with van der Waals surface area (Å²) in [5.74, 6) is 0. The lowest BCUT2D eigenvalue weighted by Crippen LogP contribution is -2.23. The van der Waals surface area contributed by atoms with Gasteiger partial charge in [0.1, 0.15) is 0 Å². The molecular weight excluding hydrogens is 318 g/mol. The van der Waals surface area contributed by atoms with Crippen LogP contribution in [0.25, 0.3) is 0 Å². The summed E-state index contributed by atoms with van der Waals surface area (Å²) in [6.45, 7) is 7.51. The molecule has 0 saturated heterocycles. The fraction of sp³-hybridized carbons (Fsp3) is 0.375. The molecule has 0 aliphatic carbocycles. The maximum atomic E-state index is 3.71. The molecule has 0 amide bonds. The summed E-state index contributed by atoms with van der Waals surface area (Å²) in [6.07, 6.45) is 1.14. The Balaban J connectivity index is 2.36. The number of hydrogen-bond donors (Lipinski definition) is 1. The molecule has 0 fully saturated rings. The second kappa shape index (κ2) is 6.69. The highest BCUT2D eigenvalue weighted by molar-refractivity contribution is 9.10. The predicted octanol–water partition coefficient (Wildman–Crippen LogP) is 5.22. The average Bonchev–Trinajstić information content (AvgIpc) is 2.78. The van der Waals surface area contributed by atoms with Gasteiger partial charge in [0.15, 0.2) is 0 Å². The van der Waals surface area contributed by atoms with Crippen LogP contribution >= 0.6 is 27.3 Å². The topological polar surface area (TPSA) is 12.0 Å². The molecular formula is C16H20BrNS. The molecule has 0 spiro atoms. The Bertz CT molecular complexity index is 547. The minimum atomic E-state index is 0.278. The minimum Gasteiger partial charge on any atom is -0.306 e. The van der Waals surface area contributed by atoms with Gasteiger partial charge in [0.25, 0.3) is 0 Å². The van der Waals surface area contributed by atoms with Crippen molar-refractivity contribution in [3.8, 4) is 0 Å². The van der Waals surface area contributed by atoms with Gasteiger partial charge in [0, 0.05) is 9.35 Å². The van der Waals surface area contributed by atoms with Gasteiger partial charge in [0.05, 0.1) is 6.04 Å². The highest BCUT2D eigenvalue weighted by Crippen LogP contribution is 2.31. The van der Waals surface area contributed by atoms with E-state index in [1.165, 1.54) is 26.0 Å². The zero-order chi connectivity index (χ0) is 13.8. The summed E-state index contributed by atoms with van der Waals surface area (Å²) < 4.78 is 1.19. The maximum absolute atomic E-state index is 3.71. The number of benzene rings is 1. The summed E-state index contributed by atoms with van der Waals surface area (Å²) in [5, 5.41) is 5.91. The van der Waals surface area contributed by atoms with E-state index in [9.17, 15) is 0 Å². The van der Waals surface area contributed by atoms with Crippen LogP contribution in [-0.2, 0) is 0 Å². The van der Waals surface area contributed by atoms with E-state index in [1.807, 2.05) is 11.3 Å². The van der Waals surface area contributed by atoms with Crippen molar-refractivity contribution in [3.05, 3.63) is 55.7 Å². The molecule has 2 aromatic rings. The van der Waals surface area contributed by atoms with Crippen molar-refractivity contribution < 1.29 is 0 Å². The van der Waals surface area contributed by atoms with Crippen LogP contribution in [0.2, 0.25) is 0 Å². The van der Waals surface area contributed by atoms with Crippen LogP contribution in [0, 0.1) is 13.8 Å². The molecule has 0 aliphatic rings. The zero-order valence-corrected chi connectivity index (χ0v) is 14.1. The molecule has 2 rings (SSSR count). The van der Waals surface area contributed by atoms with E-state index in [1.54, 1.807) is 0 Å². The summed E-state index contributed by atoms with van der Waals surface area (Å²) >= 11 is 5.52. The van der Waals surface area contributed by atoms with Gasteiger partial charge in [-0.25, -0.2) is 0 Å². The van der Waals surface area contributed by atoms with Gasteiger partial charge in [-0.3, -0.25) is 0 Å². The lowest BCUT2D eigenvalue weighted by atomic mass is 9.99. The monoisotopic (exact) mass is 337 g/mol. The predicted molar refractivity (Wildman–Crippen MR) is 88.1 cm³/mol. The van der Waals surface area contributed by atoms with E-state index in [0.29, 0.717) is 0 Å². The molecule has 19 heavy (non-hydrogen) atoms. The molecule has 3 heteroatoms. The van der Waals surface area contributed by atoms with E-state index in [4.69, 9.17) is 0 Å². The molecule has 1 N–H and O–H groups in total. The van der Waals surface area contributed by atoms with E-state index < -0.39 is 0 Å². The van der Waals surface area contributed by atoms with Crippen molar-refractivity contribution in [3.63, 3.8) is 0 Å². The number of halogens is 1. The molecule has 0 radical (unpaired) electrons. The van der Waals surface area contributed by atoms with E-state index in [0.717, 1.165) is 13.0 Å². The van der Waals surface area contributed by atoms with Crippen molar-refractivity contribution in [2.24, 2.45) is 0 Å². The van der Waals surface area contributed by atoms with Crippen molar-refractivity contribution in [1.82, 2.24) is 5.32 Å². The lowest BCUT2D eigenvalue weighted by Gasteiger charge is -2.20. The summed E-state index contributed by atoms with van der Waals surface area (Å²) in [4.78, 5) is 1.36. The number of rotatable bonds is 5. The largest absolute Gasteiger partial charge is 0.306 e. The van der Waals surface area contributed by atoms with Gasteiger partial charge in [-0.2, -0.15) is 0 Å². The van der Waals surface area contributed by atoms with Crippen molar-refractivity contribution >= 4 is 27.3 Å². The fourth-order valence-corrected chi connectivity index (χ4v) is 3.63. The third-order valence-corrected chi connectivity index (χ3v) is 4.72. The van der Waals surface area contributed by atoms with Crippen LogP contribution in [0.15, 0.2) is 34.1 Å². The number of aryl methyl sites for hydroxylation is 2. The van der Waals surface area contributed by atoms with Gasteiger partial charge in [-0.1, -0.05) is 35.0 Å². The third kappa shape index (κ3) is 3.68. The van der Waals surface area contributed by atoms with Crippen LogP contribution in [-0.4, -0.2) is 6.54 Å². The summed E-state index contributed by atoms with van der Waals surface area (Å²) in [6, 6.07) is 9.15. The number of thiophene rings is 1. The Morgan fingerprint density at radius 1 is 1.26 bits per heavy atom. The van der Waals surface area contributed by atoms with E-state index in [2.05, 4.69) is 71.7 Å². The van der Waals surface area contributed by atoms with Crippen molar-refractivity contribution in [2.75, 3.05) is 6.54 Å².